The Morgan fingerprint density at radius 2 is 2.17 bits per heavy atom. The molecule has 5 heteroatoms. The molecule has 0 aromatic heterocycles. The van der Waals surface area contributed by atoms with E-state index in [0.29, 0.717) is 23.1 Å². The van der Waals surface area contributed by atoms with Crippen molar-refractivity contribution in [2.24, 2.45) is 11.7 Å². The van der Waals surface area contributed by atoms with Crippen LogP contribution >= 0.6 is 11.6 Å². The van der Waals surface area contributed by atoms with E-state index >= 15 is 0 Å². The van der Waals surface area contributed by atoms with Gasteiger partial charge in [0.2, 0.25) is 5.91 Å². The standard InChI is InChI=1S/C13H19ClN2O2/c1-8(2)12(7-18-3)16-9-4-5-11(14)10(6-9)13(15)17/h4-6,8,12,16H,7H2,1-3H3,(H2,15,17). The number of nitrogens with two attached hydrogens (primary N) is 1. The van der Waals surface area contributed by atoms with Crippen LogP contribution in [0.5, 0.6) is 0 Å². The van der Waals surface area contributed by atoms with Crippen LogP contribution in [0.15, 0.2) is 18.2 Å². The van der Waals surface area contributed by atoms with Crippen LogP contribution in [0, 0.1) is 5.92 Å². The molecule has 0 radical (unpaired) electrons. The lowest BCUT2D eigenvalue weighted by atomic mass is 10.0. The molecule has 3 N–H and O–H groups in total. The summed E-state index contributed by atoms with van der Waals surface area (Å²) in [4.78, 5) is 11.2. The van der Waals surface area contributed by atoms with Crippen molar-refractivity contribution in [1.82, 2.24) is 0 Å². The minimum absolute atomic E-state index is 0.164. The predicted molar refractivity (Wildman–Crippen MR) is 74.1 cm³/mol. The molecular formula is C13H19ClN2O2. The van der Waals surface area contributed by atoms with Crippen LogP contribution in [0.1, 0.15) is 24.2 Å². The lowest BCUT2D eigenvalue weighted by molar-refractivity contribution is 0.100. The van der Waals surface area contributed by atoms with E-state index in [4.69, 9.17) is 22.1 Å². The Morgan fingerprint density at radius 1 is 1.50 bits per heavy atom. The summed E-state index contributed by atoms with van der Waals surface area (Å²) in [6.45, 7) is 4.79. The van der Waals surface area contributed by atoms with Gasteiger partial charge < -0.3 is 15.8 Å². The van der Waals surface area contributed by atoms with Crippen LogP contribution in [0.3, 0.4) is 0 Å². The van der Waals surface area contributed by atoms with Crippen molar-refractivity contribution >= 4 is 23.2 Å². The second kappa shape index (κ2) is 6.61. The summed E-state index contributed by atoms with van der Waals surface area (Å²) < 4.78 is 5.16. The minimum atomic E-state index is -0.531. The SMILES string of the molecule is COCC(Nc1ccc(Cl)c(C(N)=O)c1)C(C)C. The number of primary amides is 1. The Morgan fingerprint density at radius 3 is 2.67 bits per heavy atom. The molecule has 4 nitrogen and oxygen atoms in total. The van der Waals surface area contributed by atoms with Gasteiger partial charge in [0, 0.05) is 12.8 Å². The number of carbonyl (C=O) groups is 1. The van der Waals surface area contributed by atoms with Crippen LogP contribution in [-0.4, -0.2) is 25.7 Å². The van der Waals surface area contributed by atoms with Crippen molar-refractivity contribution in [2.75, 3.05) is 19.0 Å². The van der Waals surface area contributed by atoms with Gasteiger partial charge in [-0.3, -0.25) is 4.79 Å². The first kappa shape index (κ1) is 14.8. The molecule has 100 valence electrons. The number of hydrogen-bond acceptors (Lipinski definition) is 3. The molecule has 18 heavy (non-hydrogen) atoms. The highest BCUT2D eigenvalue weighted by Gasteiger charge is 2.14. The molecule has 0 aliphatic rings. The van der Waals surface area contributed by atoms with Crippen LogP contribution < -0.4 is 11.1 Å². The zero-order valence-electron chi connectivity index (χ0n) is 10.9. The largest absolute Gasteiger partial charge is 0.383 e. The van der Waals surface area contributed by atoms with Gasteiger partial charge in [-0.05, 0) is 24.1 Å². The van der Waals surface area contributed by atoms with E-state index in [1.54, 1.807) is 19.2 Å². The summed E-state index contributed by atoms with van der Waals surface area (Å²) >= 11 is 5.90. The lowest BCUT2D eigenvalue weighted by Gasteiger charge is -2.23. The normalized spacial score (nSPS) is 12.5. The number of amides is 1. The number of anilines is 1. The van der Waals surface area contributed by atoms with Crippen molar-refractivity contribution in [3.05, 3.63) is 28.8 Å². The quantitative estimate of drug-likeness (QED) is 0.835. The topological polar surface area (TPSA) is 64.3 Å². The van der Waals surface area contributed by atoms with Gasteiger partial charge in [-0.25, -0.2) is 0 Å². The van der Waals surface area contributed by atoms with E-state index in [9.17, 15) is 4.79 Å². The summed E-state index contributed by atoms with van der Waals surface area (Å²) in [5.41, 5.74) is 6.39. The molecule has 0 bridgehead atoms. The van der Waals surface area contributed by atoms with Crippen LogP contribution in [0.4, 0.5) is 5.69 Å². The molecule has 1 rings (SSSR count). The Hall–Kier alpha value is -1.26. The summed E-state index contributed by atoms with van der Waals surface area (Å²) in [5.74, 6) is -0.130. The van der Waals surface area contributed by atoms with Crippen molar-refractivity contribution in [1.29, 1.82) is 0 Å². The third-order valence-electron chi connectivity index (χ3n) is 2.73. The van der Waals surface area contributed by atoms with Gasteiger partial charge in [0.15, 0.2) is 0 Å². The van der Waals surface area contributed by atoms with Gasteiger partial charge in [-0.15, -0.1) is 0 Å². The fourth-order valence-corrected chi connectivity index (χ4v) is 1.81. The molecule has 0 aliphatic carbocycles. The molecular weight excluding hydrogens is 252 g/mol. The van der Waals surface area contributed by atoms with E-state index < -0.39 is 5.91 Å². The maximum absolute atomic E-state index is 11.2. The molecule has 0 spiro atoms. The Kier molecular flexibility index (Phi) is 5.44. The summed E-state index contributed by atoms with van der Waals surface area (Å²) in [5, 5.41) is 3.67. The number of halogens is 1. The van der Waals surface area contributed by atoms with Crippen molar-refractivity contribution in [3.8, 4) is 0 Å². The van der Waals surface area contributed by atoms with E-state index in [1.165, 1.54) is 0 Å². The smallest absolute Gasteiger partial charge is 0.250 e. The zero-order valence-corrected chi connectivity index (χ0v) is 11.6. The lowest BCUT2D eigenvalue weighted by Crippen LogP contribution is -2.30. The predicted octanol–water partition coefficient (Wildman–Crippen LogP) is 2.52. The van der Waals surface area contributed by atoms with Crippen LogP contribution in [-0.2, 0) is 4.74 Å². The molecule has 1 amide bonds. The third kappa shape index (κ3) is 3.89. The number of ether oxygens (including phenoxy) is 1. The summed E-state index contributed by atoms with van der Waals surface area (Å²) in [6.07, 6.45) is 0. The monoisotopic (exact) mass is 270 g/mol. The Labute approximate surface area is 112 Å². The third-order valence-corrected chi connectivity index (χ3v) is 3.06. The van der Waals surface area contributed by atoms with Gasteiger partial charge in [0.05, 0.1) is 23.2 Å². The first-order valence-electron chi connectivity index (χ1n) is 5.80. The molecule has 1 atom stereocenters. The van der Waals surface area contributed by atoms with Crippen molar-refractivity contribution < 1.29 is 9.53 Å². The molecule has 1 aromatic carbocycles. The first-order chi connectivity index (χ1) is 8.45. The minimum Gasteiger partial charge on any atom is -0.383 e. The van der Waals surface area contributed by atoms with E-state index in [-0.39, 0.29) is 6.04 Å². The highest BCUT2D eigenvalue weighted by molar-refractivity contribution is 6.33. The van der Waals surface area contributed by atoms with Crippen molar-refractivity contribution in [3.63, 3.8) is 0 Å². The first-order valence-corrected chi connectivity index (χ1v) is 6.18. The molecule has 0 saturated heterocycles. The molecule has 1 unspecified atom stereocenters. The average molecular weight is 271 g/mol. The van der Waals surface area contributed by atoms with Crippen LogP contribution in [0.2, 0.25) is 5.02 Å². The number of hydrogen-bond donors (Lipinski definition) is 2. The average Bonchev–Trinajstić information content (AvgIpc) is 2.30. The van der Waals surface area contributed by atoms with Gasteiger partial charge in [0.25, 0.3) is 0 Å². The van der Waals surface area contributed by atoms with Gasteiger partial charge in [0.1, 0.15) is 0 Å². The van der Waals surface area contributed by atoms with E-state index in [0.717, 1.165) is 5.69 Å². The van der Waals surface area contributed by atoms with Crippen LogP contribution in [0.25, 0.3) is 0 Å². The fourth-order valence-electron chi connectivity index (χ4n) is 1.60. The second-order valence-electron chi connectivity index (χ2n) is 4.51. The second-order valence-corrected chi connectivity index (χ2v) is 4.92. The maximum Gasteiger partial charge on any atom is 0.250 e. The fraction of sp³-hybridized carbons (Fsp3) is 0.462. The van der Waals surface area contributed by atoms with E-state index in [1.807, 2.05) is 6.07 Å². The molecule has 0 heterocycles. The van der Waals surface area contributed by atoms with Crippen molar-refractivity contribution in [2.45, 2.75) is 19.9 Å². The van der Waals surface area contributed by atoms with E-state index in [2.05, 4.69) is 19.2 Å². The van der Waals surface area contributed by atoms with Gasteiger partial charge in [-0.2, -0.15) is 0 Å². The zero-order chi connectivity index (χ0) is 13.7. The molecule has 1 aromatic rings. The number of methoxy groups -OCH3 is 1. The molecule has 0 aliphatic heterocycles. The highest BCUT2D eigenvalue weighted by atomic mass is 35.5. The number of benzene rings is 1. The Bertz CT molecular complexity index is 421. The highest BCUT2D eigenvalue weighted by Crippen LogP contribution is 2.21. The Balaban J connectivity index is 2.89. The maximum atomic E-state index is 11.2. The molecule has 0 fully saturated rings. The summed E-state index contributed by atoms with van der Waals surface area (Å²) in [6, 6.07) is 5.31. The molecule has 0 saturated carbocycles. The van der Waals surface area contributed by atoms with Gasteiger partial charge >= 0.3 is 0 Å². The number of nitrogens with one attached hydrogen (secondary N) is 1. The number of carbonyl (C=O) groups excluding carboxylic acids is 1. The number of rotatable bonds is 6. The van der Waals surface area contributed by atoms with Gasteiger partial charge in [-0.1, -0.05) is 25.4 Å². The summed E-state index contributed by atoms with van der Waals surface area (Å²) in [7, 11) is 1.66.